The van der Waals surface area contributed by atoms with Gasteiger partial charge < -0.3 is 5.32 Å². The van der Waals surface area contributed by atoms with E-state index in [2.05, 4.69) is 27.5 Å². The van der Waals surface area contributed by atoms with E-state index in [4.69, 9.17) is 0 Å². The molecule has 2 aliphatic rings. The first-order valence-electron chi connectivity index (χ1n) is 9.25. The van der Waals surface area contributed by atoms with Crippen LogP contribution in [0.2, 0.25) is 0 Å². The lowest BCUT2D eigenvalue weighted by Crippen LogP contribution is -2.37. The Balaban J connectivity index is 0.00000196. The number of hydrogen-bond acceptors (Lipinski definition) is 4. The van der Waals surface area contributed by atoms with E-state index in [1.807, 2.05) is 18.3 Å². The third-order valence-electron chi connectivity index (χ3n) is 5.96. The second-order valence-electron chi connectivity index (χ2n) is 7.64. The molecule has 26 heavy (non-hydrogen) atoms. The molecular weight excluding hydrogens is 369 g/mol. The molecule has 2 unspecified atom stereocenters. The predicted molar refractivity (Wildman–Crippen MR) is 108 cm³/mol. The molecule has 3 nitrogen and oxygen atoms in total. The van der Waals surface area contributed by atoms with Crippen LogP contribution in [0.3, 0.4) is 0 Å². The van der Waals surface area contributed by atoms with Gasteiger partial charge in [0.1, 0.15) is 10.8 Å². The lowest BCUT2D eigenvalue weighted by atomic mass is 9.93. The van der Waals surface area contributed by atoms with E-state index in [1.54, 1.807) is 23.5 Å². The van der Waals surface area contributed by atoms with E-state index in [9.17, 15) is 4.39 Å². The highest BCUT2D eigenvalue weighted by Gasteiger charge is 2.56. The Bertz CT molecular complexity index is 686. The highest BCUT2D eigenvalue weighted by atomic mass is 35.5. The summed E-state index contributed by atoms with van der Waals surface area (Å²) in [6, 6.07) is 7.66. The van der Waals surface area contributed by atoms with Crippen LogP contribution in [-0.4, -0.2) is 35.6 Å². The number of halogens is 2. The van der Waals surface area contributed by atoms with E-state index in [-0.39, 0.29) is 18.2 Å². The fourth-order valence-electron chi connectivity index (χ4n) is 4.36. The molecule has 6 heteroatoms. The minimum Gasteiger partial charge on any atom is -0.317 e. The van der Waals surface area contributed by atoms with Crippen LogP contribution in [0.25, 0.3) is 0 Å². The molecule has 2 atom stereocenters. The van der Waals surface area contributed by atoms with Gasteiger partial charge in [0.2, 0.25) is 0 Å². The molecule has 1 aromatic carbocycles. The van der Waals surface area contributed by atoms with Gasteiger partial charge in [-0.15, -0.1) is 23.7 Å². The summed E-state index contributed by atoms with van der Waals surface area (Å²) in [4.78, 5) is 7.14. The number of hydrogen-bond donors (Lipinski definition) is 1. The molecule has 2 fully saturated rings. The van der Waals surface area contributed by atoms with Gasteiger partial charge in [-0.1, -0.05) is 19.1 Å². The Morgan fingerprint density at radius 1 is 1.31 bits per heavy atom. The van der Waals surface area contributed by atoms with Gasteiger partial charge >= 0.3 is 0 Å². The molecule has 1 aromatic heterocycles. The molecule has 2 heterocycles. The lowest BCUT2D eigenvalue weighted by molar-refractivity contribution is 0.187. The average Bonchev–Trinajstić information content (AvgIpc) is 3.05. The fourth-order valence-corrected chi connectivity index (χ4v) is 5.00. The van der Waals surface area contributed by atoms with Crippen molar-refractivity contribution in [1.29, 1.82) is 0 Å². The minimum absolute atomic E-state index is 0. The van der Waals surface area contributed by atoms with E-state index < -0.39 is 0 Å². The van der Waals surface area contributed by atoms with Crippen molar-refractivity contribution >= 4 is 23.7 Å². The Kier molecular flexibility index (Phi) is 6.33. The number of nitrogens with zero attached hydrogens (tertiary/aromatic N) is 2. The minimum atomic E-state index is -0.161. The summed E-state index contributed by atoms with van der Waals surface area (Å²) in [7, 11) is 0. The average molecular weight is 396 g/mol. The third-order valence-corrected chi connectivity index (χ3v) is 6.72. The predicted octanol–water partition coefficient (Wildman–Crippen LogP) is 4.45. The van der Waals surface area contributed by atoms with E-state index in [1.165, 1.54) is 29.8 Å². The molecule has 2 aromatic rings. The maximum atomic E-state index is 13.2. The number of benzene rings is 1. The highest BCUT2D eigenvalue weighted by molar-refractivity contribution is 7.09. The van der Waals surface area contributed by atoms with Crippen molar-refractivity contribution in [2.75, 3.05) is 19.6 Å². The van der Waals surface area contributed by atoms with Crippen LogP contribution in [0.15, 0.2) is 35.8 Å². The zero-order valence-corrected chi connectivity index (χ0v) is 16.8. The van der Waals surface area contributed by atoms with Crippen molar-refractivity contribution < 1.29 is 4.39 Å². The molecule has 1 spiro atoms. The van der Waals surface area contributed by atoms with Gasteiger partial charge in [-0.2, -0.15) is 0 Å². The second kappa shape index (κ2) is 8.34. The first kappa shape index (κ1) is 19.7. The van der Waals surface area contributed by atoms with Crippen molar-refractivity contribution in [3.8, 4) is 0 Å². The van der Waals surface area contributed by atoms with Crippen molar-refractivity contribution in [3.63, 3.8) is 0 Å². The Labute approximate surface area is 165 Å². The van der Waals surface area contributed by atoms with Crippen LogP contribution in [0.1, 0.15) is 42.7 Å². The summed E-state index contributed by atoms with van der Waals surface area (Å²) in [6.07, 6.45) is 5.79. The number of piperidine rings is 1. The number of thiazole rings is 1. The third kappa shape index (κ3) is 4.28. The summed E-state index contributed by atoms with van der Waals surface area (Å²) >= 11 is 1.74. The van der Waals surface area contributed by atoms with Crippen LogP contribution < -0.4 is 5.32 Å². The first-order chi connectivity index (χ1) is 12.2. The van der Waals surface area contributed by atoms with E-state index in [0.717, 1.165) is 26.2 Å². The largest absolute Gasteiger partial charge is 0.317 e. The van der Waals surface area contributed by atoms with Crippen molar-refractivity contribution in [1.82, 2.24) is 15.2 Å². The van der Waals surface area contributed by atoms with Crippen LogP contribution in [-0.2, 0) is 6.54 Å². The Morgan fingerprint density at radius 3 is 2.69 bits per heavy atom. The Morgan fingerprint density at radius 2 is 2.04 bits per heavy atom. The van der Waals surface area contributed by atoms with E-state index >= 15 is 0 Å². The van der Waals surface area contributed by atoms with Gasteiger partial charge in [0.25, 0.3) is 0 Å². The lowest BCUT2D eigenvalue weighted by Gasteiger charge is -2.31. The Hall–Kier alpha value is -1.01. The van der Waals surface area contributed by atoms with Crippen LogP contribution in [0.5, 0.6) is 0 Å². The monoisotopic (exact) mass is 395 g/mol. The molecule has 0 amide bonds. The van der Waals surface area contributed by atoms with Gasteiger partial charge in [-0.25, -0.2) is 9.37 Å². The van der Waals surface area contributed by atoms with Crippen LogP contribution in [0, 0.1) is 11.2 Å². The molecule has 4 rings (SSSR count). The summed E-state index contributed by atoms with van der Waals surface area (Å²) < 4.78 is 13.2. The maximum Gasteiger partial charge on any atom is 0.123 e. The molecule has 142 valence electrons. The highest BCUT2D eigenvalue weighted by Crippen LogP contribution is 2.56. The summed E-state index contributed by atoms with van der Waals surface area (Å²) in [6.45, 7) is 6.48. The van der Waals surface area contributed by atoms with Gasteiger partial charge in [0.05, 0.1) is 6.54 Å². The normalized spacial score (nSPS) is 22.2. The molecule has 1 saturated heterocycles. The smallest absolute Gasteiger partial charge is 0.123 e. The molecule has 0 bridgehead atoms. The second-order valence-corrected chi connectivity index (χ2v) is 8.62. The number of aromatic nitrogens is 1. The SMILES string of the molecule is CC(CN(Cc1nccs1)C1CC12CCNCC2)c1ccc(F)cc1.Cl. The molecule has 1 N–H and O–H groups in total. The van der Waals surface area contributed by atoms with Crippen molar-refractivity contribution in [3.05, 3.63) is 52.2 Å². The van der Waals surface area contributed by atoms with Crippen LogP contribution >= 0.6 is 23.7 Å². The zero-order chi connectivity index (χ0) is 17.3. The topological polar surface area (TPSA) is 28.2 Å². The van der Waals surface area contributed by atoms with Crippen molar-refractivity contribution in [2.24, 2.45) is 5.41 Å². The molecule has 1 saturated carbocycles. The van der Waals surface area contributed by atoms with Crippen molar-refractivity contribution in [2.45, 2.75) is 44.7 Å². The number of nitrogens with one attached hydrogen (secondary N) is 1. The van der Waals surface area contributed by atoms with Gasteiger partial charge in [-0.05, 0) is 61.4 Å². The fraction of sp³-hybridized carbons (Fsp3) is 0.550. The molecule has 0 radical (unpaired) electrons. The summed E-state index contributed by atoms with van der Waals surface area (Å²) in [5, 5.41) is 6.75. The first-order valence-corrected chi connectivity index (χ1v) is 10.1. The maximum absolute atomic E-state index is 13.2. The van der Waals surface area contributed by atoms with Crippen LogP contribution in [0.4, 0.5) is 4.39 Å². The van der Waals surface area contributed by atoms with Gasteiger partial charge in [-0.3, -0.25) is 4.90 Å². The quantitative estimate of drug-likeness (QED) is 0.783. The summed E-state index contributed by atoms with van der Waals surface area (Å²) in [5.74, 6) is 0.228. The molecule has 1 aliphatic heterocycles. The molecule has 1 aliphatic carbocycles. The zero-order valence-electron chi connectivity index (χ0n) is 15.2. The summed E-state index contributed by atoms with van der Waals surface area (Å²) in [5.41, 5.74) is 1.73. The van der Waals surface area contributed by atoms with Gasteiger partial charge in [0.15, 0.2) is 0 Å². The number of rotatable bonds is 6. The van der Waals surface area contributed by atoms with E-state index in [0.29, 0.717) is 17.4 Å². The van der Waals surface area contributed by atoms with Gasteiger partial charge in [0, 0.05) is 24.2 Å². The molecular formula is C20H27ClFN3S. The standard InChI is InChI=1S/C20H26FN3S.ClH/c1-15(16-2-4-17(21)5-3-16)13-24(14-19-23-10-11-25-19)18-12-20(18)6-8-22-9-7-20;/h2-5,10-11,15,18,22H,6-9,12-14H2,1H3;1H.